The van der Waals surface area contributed by atoms with Gasteiger partial charge in [0.15, 0.2) is 0 Å². The zero-order valence-electron chi connectivity index (χ0n) is 12.5. The maximum atomic E-state index is 9.56. The van der Waals surface area contributed by atoms with Crippen molar-refractivity contribution in [3.05, 3.63) is 12.2 Å². The molecular formula is C17H30O3. The molecule has 0 rings (SSSR count). The molecule has 0 aromatic carbocycles. The summed E-state index contributed by atoms with van der Waals surface area (Å²) in [5.41, 5.74) is 0. The van der Waals surface area contributed by atoms with Crippen LogP contribution in [0.4, 0.5) is 0 Å². The van der Waals surface area contributed by atoms with Crippen LogP contribution in [0.5, 0.6) is 0 Å². The molecule has 3 nitrogen and oxygen atoms in total. The average Bonchev–Trinajstić information content (AvgIpc) is 2.44. The summed E-state index contributed by atoms with van der Waals surface area (Å²) in [5.74, 6) is 2.66. The first-order valence-corrected chi connectivity index (χ1v) is 7.76. The van der Waals surface area contributed by atoms with Gasteiger partial charge in [-0.3, -0.25) is 0 Å². The molecule has 0 aliphatic rings. The Bertz CT molecular complexity index is 268. The highest BCUT2D eigenvalue weighted by molar-refractivity contribution is 4.84. The summed E-state index contributed by atoms with van der Waals surface area (Å²) in [5, 5.41) is 27.4. The van der Waals surface area contributed by atoms with Gasteiger partial charge in [-0.15, -0.1) is 12.3 Å². The van der Waals surface area contributed by atoms with E-state index in [-0.39, 0.29) is 13.0 Å². The van der Waals surface area contributed by atoms with Gasteiger partial charge in [-0.2, -0.15) is 0 Å². The lowest BCUT2D eigenvalue weighted by molar-refractivity contribution is 0.0428. The number of allylic oxidation sites excluding steroid dienone is 1. The van der Waals surface area contributed by atoms with Crippen LogP contribution in [0.15, 0.2) is 12.2 Å². The molecule has 3 heteroatoms. The molecule has 0 aliphatic carbocycles. The Hall–Kier alpha value is -0.820. The van der Waals surface area contributed by atoms with Crippen LogP contribution in [0.2, 0.25) is 0 Å². The van der Waals surface area contributed by atoms with Gasteiger partial charge >= 0.3 is 0 Å². The monoisotopic (exact) mass is 282 g/mol. The molecule has 2 unspecified atom stereocenters. The quantitative estimate of drug-likeness (QED) is 0.276. The van der Waals surface area contributed by atoms with Gasteiger partial charge in [-0.05, 0) is 25.7 Å². The average molecular weight is 282 g/mol. The van der Waals surface area contributed by atoms with Gasteiger partial charge in [-0.25, -0.2) is 0 Å². The number of rotatable bonds is 13. The Morgan fingerprint density at radius 3 is 2.20 bits per heavy atom. The Kier molecular flexibility index (Phi) is 14.0. The van der Waals surface area contributed by atoms with Crippen LogP contribution in [-0.2, 0) is 0 Å². The van der Waals surface area contributed by atoms with Crippen molar-refractivity contribution in [1.29, 1.82) is 0 Å². The van der Waals surface area contributed by atoms with E-state index in [9.17, 15) is 5.11 Å². The van der Waals surface area contributed by atoms with Crippen molar-refractivity contribution in [2.24, 2.45) is 0 Å². The summed E-state index contributed by atoms with van der Waals surface area (Å²) in [6.45, 7) is -0.290. The molecule has 20 heavy (non-hydrogen) atoms. The molecule has 2 atom stereocenters. The van der Waals surface area contributed by atoms with Crippen LogP contribution in [-0.4, -0.2) is 34.1 Å². The standard InChI is InChI=1S/C17H30O3/c1-2-3-4-5-6-7-8-9-10-11-12-13-16(19)14-17(20)15-18/h1,11-12,16-20H,3-10,13-15H2/b12-11+. The number of hydrogen-bond donors (Lipinski definition) is 3. The lowest BCUT2D eigenvalue weighted by atomic mass is 10.1. The van der Waals surface area contributed by atoms with Gasteiger partial charge in [0.2, 0.25) is 0 Å². The molecular weight excluding hydrogens is 252 g/mol. The normalized spacial score (nSPS) is 14.3. The van der Waals surface area contributed by atoms with Crippen molar-refractivity contribution in [3.63, 3.8) is 0 Å². The summed E-state index contributed by atoms with van der Waals surface area (Å²) >= 11 is 0. The van der Waals surface area contributed by atoms with Gasteiger partial charge in [0.1, 0.15) is 0 Å². The van der Waals surface area contributed by atoms with Crippen molar-refractivity contribution < 1.29 is 15.3 Å². The lowest BCUT2D eigenvalue weighted by Crippen LogP contribution is -2.20. The molecule has 3 N–H and O–H groups in total. The number of hydrogen-bond acceptors (Lipinski definition) is 3. The zero-order chi connectivity index (χ0) is 15.1. The number of unbranched alkanes of at least 4 members (excludes halogenated alkanes) is 7. The fraction of sp³-hybridized carbons (Fsp3) is 0.765. The first-order valence-electron chi connectivity index (χ1n) is 7.76. The summed E-state index contributed by atoms with van der Waals surface area (Å²) in [6.07, 6.45) is 17.9. The van der Waals surface area contributed by atoms with Crippen LogP contribution >= 0.6 is 0 Å². The van der Waals surface area contributed by atoms with Crippen molar-refractivity contribution in [2.45, 2.75) is 76.4 Å². The highest BCUT2D eigenvalue weighted by atomic mass is 16.3. The zero-order valence-corrected chi connectivity index (χ0v) is 12.5. The van der Waals surface area contributed by atoms with Gasteiger partial charge in [0.25, 0.3) is 0 Å². The van der Waals surface area contributed by atoms with Gasteiger partial charge in [0.05, 0.1) is 18.8 Å². The van der Waals surface area contributed by atoms with Crippen molar-refractivity contribution in [1.82, 2.24) is 0 Å². The van der Waals surface area contributed by atoms with Gasteiger partial charge in [0, 0.05) is 12.8 Å². The lowest BCUT2D eigenvalue weighted by Gasteiger charge is -2.11. The second-order valence-corrected chi connectivity index (χ2v) is 5.30. The van der Waals surface area contributed by atoms with E-state index >= 15 is 0 Å². The van der Waals surface area contributed by atoms with Crippen molar-refractivity contribution in [3.8, 4) is 12.3 Å². The van der Waals surface area contributed by atoms with Gasteiger partial charge < -0.3 is 15.3 Å². The van der Waals surface area contributed by atoms with E-state index in [0.29, 0.717) is 6.42 Å². The van der Waals surface area contributed by atoms with E-state index in [4.69, 9.17) is 16.6 Å². The molecule has 0 saturated carbocycles. The van der Waals surface area contributed by atoms with E-state index in [2.05, 4.69) is 12.0 Å². The van der Waals surface area contributed by atoms with Gasteiger partial charge in [-0.1, -0.05) is 37.8 Å². The Morgan fingerprint density at radius 1 is 0.900 bits per heavy atom. The van der Waals surface area contributed by atoms with E-state index in [1.807, 2.05) is 6.08 Å². The second kappa shape index (κ2) is 14.6. The predicted molar refractivity (Wildman–Crippen MR) is 83.2 cm³/mol. The largest absolute Gasteiger partial charge is 0.394 e. The molecule has 0 amide bonds. The molecule has 0 radical (unpaired) electrons. The molecule has 116 valence electrons. The predicted octanol–water partition coefficient (Wildman–Crippen LogP) is 2.79. The van der Waals surface area contributed by atoms with E-state index < -0.39 is 12.2 Å². The minimum atomic E-state index is -0.812. The van der Waals surface area contributed by atoms with E-state index in [1.165, 1.54) is 32.1 Å². The maximum Gasteiger partial charge on any atom is 0.0795 e. The van der Waals surface area contributed by atoms with E-state index in [1.54, 1.807) is 0 Å². The maximum absolute atomic E-state index is 9.56. The highest BCUT2D eigenvalue weighted by Crippen LogP contribution is 2.09. The van der Waals surface area contributed by atoms with Crippen LogP contribution in [0.3, 0.4) is 0 Å². The number of aliphatic hydroxyl groups is 3. The first kappa shape index (κ1) is 19.2. The molecule has 0 aliphatic heterocycles. The molecule has 0 spiro atoms. The van der Waals surface area contributed by atoms with Crippen LogP contribution in [0.1, 0.15) is 64.2 Å². The molecule has 0 heterocycles. The van der Waals surface area contributed by atoms with Crippen LogP contribution < -0.4 is 0 Å². The van der Waals surface area contributed by atoms with E-state index in [0.717, 1.165) is 19.3 Å². The third kappa shape index (κ3) is 13.6. The fourth-order valence-corrected chi connectivity index (χ4v) is 2.05. The van der Waals surface area contributed by atoms with Crippen molar-refractivity contribution in [2.75, 3.05) is 6.61 Å². The van der Waals surface area contributed by atoms with Crippen LogP contribution in [0, 0.1) is 12.3 Å². The third-order valence-corrected chi connectivity index (χ3v) is 3.27. The highest BCUT2D eigenvalue weighted by Gasteiger charge is 2.08. The van der Waals surface area contributed by atoms with Crippen molar-refractivity contribution >= 4 is 0 Å². The minimum Gasteiger partial charge on any atom is -0.394 e. The second-order valence-electron chi connectivity index (χ2n) is 5.30. The smallest absolute Gasteiger partial charge is 0.0795 e. The number of aliphatic hydroxyl groups excluding tert-OH is 3. The summed E-state index contributed by atoms with van der Waals surface area (Å²) < 4.78 is 0. The third-order valence-electron chi connectivity index (χ3n) is 3.27. The fourth-order valence-electron chi connectivity index (χ4n) is 2.05. The molecule has 0 aromatic heterocycles. The Labute approximate surface area is 123 Å². The summed E-state index contributed by atoms with van der Waals surface area (Å²) in [6, 6.07) is 0. The molecule has 0 aromatic rings. The minimum absolute atomic E-state index is 0.235. The van der Waals surface area contributed by atoms with Crippen LogP contribution in [0.25, 0.3) is 0 Å². The topological polar surface area (TPSA) is 60.7 Å². The number of terminal acetylenes is 1. The summed E-state index contributed by atoms with van der Waals surface area (Å²) in [4.78, 5) is 0. The Balaban J connectivity index is 3.29. The molecule has 0 saturated heterocycles. The molecule has 0 fully saturated rings. The SMILES string of the molecule is C#CCCCCCCCC/C=C/CC(O)CC(O)CO. The summed E-state index contributed by atoms with van der Waals surface area (Å²) in [7, 11) is 0. The first-order chi connectivity index (χ1) is 9.70. The molecule has 0 bridgehead atoms. The Morgan fingerprint density at radius 2 is 1.55 bits per heavy atom.